The van der Waals surface area contributed by atoms with Crippen molar-refractivity contribution in [1.82, 2.24) is 0 Å². The third kappa shape index (κ3) is 2.66. The van der Waals surface area contributed by atoms with E-state index >= 15 is 0 Å². The average Bonchev–Trinajstić information content (AvgIpc) is 2.47. The van der Waals surface area contributed by atoms with Crippen molar-refractivity contribution in [3.8, 4) is 5.75 Å². The average molecular weight is 290 g/mol. The molecule has 1 aromatic rings. The molecule has 116 valence electrons. The van der Waals surface area contributed by atoms with Gasteiger partial charge in [-0.25, -0.2) is 0 Å². The lowest BCUT2D eigenvalue weighted by Crippen LogP contribution is -2.39. The van der Waals surface area contributed by atoms with Crippen molar-refractivity contribution in [3.05, 3.63) is 28.8 Å². The maximum atomic E-state index is 12.1. The molecule has 0 atom stereocenters. The Morgan fingerprint density at radius 3 is 2.33 bits per heavy atom. The van der Waals surface area contributed by atoms with Crippen LogP contribution in [0.4, 0.5) is 0 Å². The second-order valence-corrected chi connectivity index (χ2v) is 6.48. The van der Waals surface area contributed by atoms with Gasteiger partial charge in [0.25, 0.3) is 0 Å². The Bertz CT molecular complexity index is 526. The van der Waals surface area contributed by atoms with Crippen molar-refractivity contribution in [2.75, 3.05) is 7.11 Å². The standard InChI is InChI=1S/C18H26O3/c1-12(2)15-14(9-8-13(3)16(15)21-4)18(17(19)20)10-6-5-7-11-18/h8-9,12H,5-7,10-11H2,1-4H3,(H,19,20). The molecule has 1 aliphatic carbocycles. The molecule has 0 bridgehead atoms. The fourth-order valence-corrected chi connectivity index (χ4v) is 3.72. The van der Waals surface area contributed by atoms with E-state index in [0.717, 1.165) is 54.5 Å². The molecular weight excluding hydrogens is 264 g/mol. The van der Waals surface area contributed by atoms with Crippen molar-refractivity contribution >= 4 is 5.97 Å². The Morgan fingerprint density at radius 2 is 1.86 bits per heavy atom. The molecule has 0 spiro atoms. The monoisotopic (exact) mass is 290 g/mol. The molecule has 1 aliphatic rings. The van der Waals surface area contributed by atoms with Crippen molar-refractivity contribution in [2.24, 2.45) is 0 Å². The number of hydrogen-bond acceptors (Lipinski definition) is 2. The fraction of sp³-hybridized carbons (Fsp3) is 0.611. The summed E-state index contributed by atoms with van der Waals surface area (Å²) in [6.45, 7) is 6.24. The number of carboxylic acids is 1. The van der Waals surface area contributed by atoms with Crippen molar-refractivity contribution < 1.29 is 14.6 Å². The summed E-state index contributed by atoms with van der Waals surface area (Å²) >= 11 is 0. The number of carbonyl (C=O) groups is 1. The lowest BCUT2D eigenvalue weighted by atomic mass is 9.67. The van der Waals surface area contributed by atoms with E-state index in [1.807, 2.05) is 19.1 Å². The van der Waals surface area contributed by atoms with Crippen LogP contribution < -0.4 is 4.74 Å². The SMILES string of the molecule is COc1c(C)ccc(C2(C(=O)O)CCCCC2)c1C(C)C. The van der Waals surface area contributed by atoms with Crippen LogP contribution in [0.2, 0.25) is 0 Å². The van der Waals surface area contributed by atoms with Crippen LogP contribution in [0.1, 0.15) is 68.6 Å². The molecule has 0 unspecified atom stereocenters. The Kier molecular flexibility index (Phi) is 4.60. The minimum absolute atomic E-state index is 0.244. The van der Waals surface area contributed by atoms with E-state index in [-0.39, 0.29) is 5.92 Å². The minimum Gasteiger partial charge on any atom is -0.496 e. The first-order valence-electron chi connectivity index (χ1n) is 7.85. The molecule has 0 heterocycles. The summed E-state index contributed by atoms with van der Waals surface area (Å²) in [5, 5.41) is 9.94. The van der Waals surface area contributed by atoms with Crippen LogP contribution in [0.3, 0.4) is 0 Å². The molecule has 21 heavy (non-hydrogen) atoms. The summed E-state index contributed by atoms with van der Waals surface area (Å²) in [5.41, 5.74) is 2.37. The van der Waals surface area contributed by atoms with Crippen LogP contribution in [-0.4, -0.2) is 18.2 Å². The largest absolute Gasteiger partial charge is 0.496 e. The molecule has 3 heteroatoms. The van der Waals surface area contributed by atoms with Crippen LogP contribution in [0, 0.1) is 6.92 Å². The molecule has 3 nitrogen and oxygen atoms in total. The van der Waals surface area contributed by atoms with Gasteiger partial charge in [-0.15, -0.1) is 0 Å². The van der Waals surface area contributed by atoms with Gasteiger partial charge in [-0.05, 0) is 36.8 Å². The number of methoxy groups -OCH3 is 1. The smallest absolute Gasteiger partial charge is 0.314 e. The van der Waals surface area contributed by atoms with Crippen LogP contribution in [0.15, 0.2) is 12.1 Å². The van der Waals surface area contributed by atoms with Gasteiger partial charge in [0.1, 0.15) is 5.75 Å². The van der Waals surface area contributed by atoms with Gasteiger partial charge in [-0.3, -0.25) is 4.79 Å². The quantitative estimate of drug-likeness (QED) is 0.893. The number of aliphatic carboxylic acids is 1. The van der Waals surface area contributed by atoms with Gasteiger partial charge < -0.3 is 9.84 Å². The molecule has 1 fully saturated rings. The zero-order chi connectivity index (χ0) is 15.6. The first-order valence-corrected chi connectivity index (χ1v) is 7.85. The summed E-state index contributed by atoms with van der Waals surface area (Å²) in [6.07, 6.45) is 4.57. The van der Waals surface area contributed by atoms with Gasteiger partial charge in [0.05, 0.1) is 12.5 Å². The van der Waals surface area contributed by atoms with Crippen LogP contribution in [-0.2, 0) is 10.2 Å². The maximum Gasteiger partial charge on any atom is 0.314 e. The summed E-state index contributed by atoms with van der Waals surface area (Å²) in [6, 6.07) is 4.02. The summed E-state index contributed by atoms with van der Waals surface area (Å²) in [5.74, 6) is 0.414. The fourth-order valence-electron chi connectivity index (χ4n) is 3.72. The van der Waals surface area contributed by atoms with E-state index in [2.05, 4.69) is 13.8 Å². The molecule has 0 radical (unpaired) electrons. The second kappa shape index (κ2) is 6.08. The van der Waals surface area contributed by atoms with Gasteiger partial charge in [0.2, 0.25) is 0 Å². The highest BCUT2D eigenvalue weighted by Crippen LogP contribution is 2.46. The number of ether oxygens (including phenoxy) is 1. The molecule has 0 aliphatic heterocycles. The van der Waals surface area contributed by atoms with Crippen molar-refractivity contribution in [2.45, 2.75) is 64.2 Å². The third-order valence-corrected chi connectivity index (χ3v) is 4.81. The molecule has 1 aromatic carbocycles. The summed E-state index contributed by atoms with van der Waals surface area (Å²) < 4.78 is 5.60. The minimum atomic E-state index is -0.737. The number of rotatable bonds is 4. The number of hydrogen-bond donors (Lipinski definition) is 1. The highest BCUT2D eigenvalue weighted by Gasteiger charge is 2.43. The first kappa shape index (κ1) is 15.9. The second-order valence-electron chi connectivity index (χ2n) is 6.48. The van der Waals surface area contributed by atoms with Gasteiger partial charge in [0.15, 0.2) is 0 Å². The van der Waals surface area contributed by atoms with E-state index < -0.39 is 11.4 Å². The Hall–Kier alpha value is -1.51. The molecule has 0 saturated heterocycles. The number of benzene rings is 1. The van der Waals surface area contributed by atoms with Crippen LogP contribution in [0.5, 0.6) is 5.75 Å². The van der Waals surface area contributed by atoms with E-state index in [9.17, 15) is 9.90 Å². The number of aryl methyl sites for hydroxylation is 1. The summed E-state index contributed by atoms with van der Waals surface area (Å²) in [4.78, 5) is 12.1. The molecule has 0 aromatic heterocycles. The first-order chi connectivity index (χ1) is 9.94. The van der Waals surface area contributed by atoms with Gasteiger partial charge in [0, 0.05) is 5.56 Å². The zero-order valence-corrected chi connectivity index (χ0v) is 13.5. The number of carboxylic acid groups (broad SMARTS) is 1. The highest BCUT2D eigenvalue weighted by molar-refractivity contribution is 5.82. The lowest BCUT2D eigenvalue weighted by Gasteiger charge is -2.36. The maximum absolute atomic E-state index is 12.1. The van der Waals surface area contributed by atoms with E-state index in [0.29, 0.717) is 0 Å². The van der Waals surface area contributed by atoms with Crippen molar-refractivity contribution in [3.63, 3.8) is 0 Å². The molecule has 0 amide bonds. The molecule has 2 rings (SSSR count). The Morgan fingerprint density at radius 1 is 1.24 bits per heavy atom. The molecule has 1 N–H and O–H groups in total. The van der Waals surface area contributed by atoms with E-state index in [1.54, 1.807) is 7.11 Å². The van der Waals surface area contributed by atoms with Gasteiger partial charge in [-0.1, -0.05) is 45.2 Å². The van der Waals surface area contributed by atoms with E-state index in [1.165, 1.54) is 0 Å². The van der Waals surface area contributed by atoms with Crippen molar-refractivity contribution in [1.29, 1.82) is 0 Å². The predicted molar refractivity (Wildman–Crippen MR) is 84.2 cm³/mol. The van der Waals surface area contributed by atoms with Crippen LogP contribution in [0.25, 0.3) is 0 Å². The zero-order valence-electron chi connectivity index (χ0n) is 13.5. The topological polar surface area (TPSA) is 46.5 Å². The molecule has 1 saturated carbocycles. The van der Waals surface area contributed by atoms with Gasteiger partial charge in [-0.2, -0.15) is 0 Å². The normalized spacial score (nSPS) is 17.8. The Labute approximate surface area is 127 Å². The summed E-state index contributed by atoms with van der Waals surface area (Å²) in [7, 11) is 1.67. The Balaban J connectivity index is 2.68. The van der Waals surface area contributed by atoms with Gasteiger partial charge >= 0.3 is 5.97 Å². The van der Waals surface area contributed by atoms with E-state index in [4.69, 9.17) is 4.74 Å². The lowest BCUT2D eigenvalue weighted by molar-refractivity contribution is -0.145. The third-order valence-electron chi connectivity index (χ3n) is 4.81. The molecular formula is C18H26O3. The van der Waals surface area contributed by atoms with Crippen LogP contribution >= 0.6 is 0 Å². The predicted octanol–water partition coefficient (Wildman–Crippen LogP) is 4.41. The highest BCUT2D eigenvalue weighted by atomic mass is 16.5.